The Balaban J connectivity index is 2.16. The van der Waals surface area contributed by atoms with Gasteiger partial charge in [0.05, 0.1) is 0 Å². The van der Waals surface area contributed by atoms with Gasteiger partial charge in [-0.15, -0.1) is 0 Å². The summed E-state index contributed by atoms with van der Waals surface area (Å²) in [6.45, 7) is 2.21. The summed E-state index contributed by atoms with van der Waals surface area (Å²) in [7, 11) is 0. The molecule has 0 bridgehead atoms. The van der Waals surface area contributed by atoms with Crippen molar-refractivity contribution in [2.24, 2.45) is 0 Å². The predicted molar refractivity (Wildman–Crippen MR) is 61.9 cm³/mol. The first-order chi connectivity index (χ1) is 5.93. The summed E-state index contributed by atoms with van der Waals surface area (Å²) < 4.78 is 1.19. The Kier molecular flexibility index (Phi) is 5.35. The van der Waals surface area contributed by atoms with Crippen molar-refractivity contribution in [1.29, 1.82) is 0 Å². The monoisotopic (exact) mass is 275 g/mol. The first-order valence-corrected chi connectivity index (χ1v) is 5.76. The molecule has 0 aliphatic carbocycles. The van der Waals surface area contributed by atoms with Gasteiger partial charge in [0, 0.05) is 11.0 Å². The molecule has 1 aromatic rings. The van der Waals surface area contributed by atoms with Crippen LogP contribution in [-0.4, -0.2) is 17.5 Å². The lowest BCUT2D eigenvalue weighted by Gasteiger charge is -2.01. The lowest BCUT2D eigenvalue weighted by molar-refractivity contribution is 0.725. The lowest BCUT2D eigenvalue weighted by Crippen LogP contribution is -2.19. The Hall–Kier alpha value is -0.0900. The molecule has 0 fully saturated rings. The summed E-state index contributed by atoms with van der Waals surface area (Å²) in [6, 6.07) is 10.6. The number of rotatable bonds is 5. The van der Waals surface area contributed by atoms with Crippen LogP contribution in [0.2, 0.25) is 0 Å². The topological polar surface area (TPSA) is 12.0 Å². The fourth-order valence-electron chi connectivity index (χ4n) is 1.07. The van der Waals surface area contributed by atoms with Crippen molar-refractivity contribution in [3.63, 3.8) is 0 Å². The van der Waals surface area contributed by atoms with Gasteiger partial charge >= 0.3 is 0 Å². The molecule has 66 valence electrons. The third-order valence-corrected chi connectivity index (χ3v) is 2.24. The Morgan fingerprint density at radius 3 is 2.50 bits per heavy atom. The summed E-state index contributed by atoms with van der Waals surface area (Å²) >= 11 is 2.38. The van der Waals surface area contributed by atoms with Gasteiger partial charge in [-0.3, -0.25) is 0 Å². The van der Waals surface area contributed by atoms with Gasteiger partial charge in [-0.05, 0) is 18.5 Å². The van der Waals surface area contributed by atoms with Crippen LogP contribution < -0.4 is 5.32 Å². The highest BCUT2D eigenvalue weighted by atomic mass is 127. The highest BCUT2D eigenvalue weighted by Crippen LogP contribution is 1.97. The Morgan fingerprint density at radius 1 is 1.08 bits per heavy atom. The van der Waals surface area contributed by atoms with Gasteiger partial charge in [0.15, 0.2) is 0 Å². The van der Waals surface area contributed by atoms with E-state index >= 15 is 0 Å². The maximum atomic E-state index is 3.38. The molecule has 1 rings (SSSR count). The number of hydrogen-bond acceptors (Lipinski definition) is 1. The molecule has 0 saturated heterocycles. The lowest BCUT2D eigenvalue weighted by atomic mass is 10.1. The molecule has 1 nitrogen and oxygen atoms in total. The van der Waals surface area contributed by atoms with Crippen LogP contribution in [0, 0.1) is 0 Å². The zero-order chi connectivity index (χ0) is 8.65. The largest absolute Gasteiger partial charge is 0.316 e. The third kappa shape index (κ3) is 4.07. The molecule has 12 heavy (non-hydrogen) atoms. The minimum Gasteiger partial charge on any atom is -0.316 e. The molecule has 1 N–H and O–H groups in total. The predicted octanol–water partition coefficient (Wildman–Crippen LogP) is 2.25. The summed E-state index contributed by atoms with van der Waals surface area (Å²) in [5.41, 5.74) is 1.42. The zero-order valence-corrected chi connectivity index (χ0v) is 9.25. The maximum Gasteiger partial charge on any atom is 0.0121 e. The van der Waals surface area contributed by atoms with E-state index in [2.05, 4.69) is 58.2 Å². The quantitative estimate of drug-likeness (QED) is 0.494. The van der Waals surface area contributed by atoms with E-state index in [4.69, 9.17) is 0 Å². The van der Waals surface area contributed by atoms with E-state index in [1.807, 2.05) is 0 Å². The highest BCUT2D eigenvalue weighted by Gasteiger charge is 1.89. The van der Waals surface area contributed by atoms with Crippen LogP contribution in [0.5, 0.6) is 0 Å². The van der Waals surface area contributed by atoms with E-state index in [-0.39, 0.29) is 0 Å². The van der Waals surface area contributed by atoms with Crippen molar-refractivity contribution in [3.05, 3.63) is 35.9 Å². The molecule has 2 heteroatoms. The summed E-state index contributed by atoms with van der Waals surface area (Å²) in [5, 5.41) is 3.38. The minimum absolute atomic E-state index is 1.09. The number of hydrogen-bond donors (Lipinski definition) is 1. The van der Waals surface area contributed by atoms with Gasteiger partial charge in [0.1, 0.15) is 0 Å². The van der Waals surface area contributed by atoms with E-state index in [0.717, 1.165) is 19.5 Å². The first-order valence-electron chi connectivity index (χ1n) is 4.24. The average Bonchev–Trinajstić information content (AvgIpc) is 2.14. The molecule has 0 aliphatic rings. The molecule has 0 amide bonds. The molecule has 0 aliphatic heterocycles. The Labute approximate surface area is 87.7 Å². The molecule has 0 aromatic heterocycles. The molecule has 0 spiro atoms. The molecular formula is C10H14IN. The van der Waals surface area contributed by atoms with Crippen LogP contribution in [0.15, 0.2) is 30.3 Å². The second kappa shape index (κ2) is 6.43. The third-order valence-electron chi connectivity index (χ3n) is 1.70. The van der Waals surface area contributed by atoms with Crippen molar-refractivity contribution in [3.8, 4) is 0 Å². The van der Waals surface area contributed by atoms with E-state index < -0.39 is 0 Å². The minimum atomic E-state index is 1.09. The fraction of sp³-hybridized carbons (Fsp3) is 0.400. The standard InChI is InChI=1S/C10H14IN/c11-7-9-12-8-6-10-4-2-1-3-5-10/h1-5,12H,6-9H2. The number of nitrogens with one attached hydrogen (secondary N) is 1. The Morgan fingerprint density at radius 2 is 1.83 bits per heavy atom. The van der Waals surface area contributed by atoms with Gasteiger partial charge < -0.3 is 5.32 Å². The molecular weight excluding hydrogens is 261 g/mol. The molecule has 0 radical (unpaired) electrons. The summed E-state index contributed by atoms with van der Waals surface area (Å²) in [6.07, 6.45) is 1.14. The maximum absolute atomic E-state index is 3.38. The van der Waals surface area contributed by atoms with Crippen LogP contribution in [0.25, 0.3) is 0 Å². The molecule has 0 saturated carbocycles. The van der Waals surface area contributed by atoms with Crippen LogP contribution in [-0.2, 0) is 6.42 Å². The van der Waals surface area contributed by atoms with E-state index in [9.17, 15) is 0 Å². The van der Waals surface area contributed by atoms with Gasteiger partial charge in [-0.1, -0.05) is 52.9 Å². The average molecular weight is 275 g/mol. The smallest absolute Gasteiger partial charge is 0.0121 e. The zero-order valence-electron chi connectivity index (χ0n) is 7.09. The normalized spacial score (nSPS) is 10.1. The van der Waals surface area contributed by atoms with Crippen molar-refractivity contribution in [2.45, 2.75) is 6.42 Å². The molecule has 0 heterocycles. The van der Waals surface area contributed by atoms with Crippen LogP contribution in [0.1, 0.15) is 5.56 Å². The van der Waals surface area contributed by atoms with E-state index in [1.54, 1.807) is 0 Å². The van der Waals surface area contributed by atoms with Gasteiger partial charge in [0.2, 0.25) is 0 Å². The van der Waals surface area contributed by atoms with Crippen molar-refractivity contribution in [1.82, 2.24) is 5.32 Å². The second-order valence-electron chi connectivity index (χ2n) is 2.67. The molecule has 0 atom stereocenters. The van der Waals surface area contributed by atoms with Crippen molar-refractivity contribution < 1.29 is 0 Å². The van der Waals surface area contributed by atoms with Gasteiger partial charge in [-0.25, -0.2) is 0 Å². The summed E-state index contributed by atoms with van der Waals surface area (Å²) in [4.78, 5) is 0. The second-order valence-corrected chi connectivity index (χ2v) is 3.75. The van der Waals surface area contributed by atoms with Gasteiger partial charge in [0.25, 0.3) is 0 Å². The molecule has 1 aromatic carbocycles. The van der Waals surface area contributed by atoms with Crippen molar-refractivity contribution in [2.75, 3.05) is 17.5 Å². The highest BCUT2D eigenvalue weighted by molar-refractivity contribution is 14.1. The number of alkyl halides is 1. The first kappa shape index (κ1) is 9.99. The van der Waals surface area contributed by atoms with Crippen LogP contribution in [0.4, 0.5) is 0 Å². The van der Waals surface area contributed by atoms with Crippen LogP contribution in [0.3, 0.4) is 0 Å². The number of halogens is 1. The van der Waals surface area contributed by atoms with E-state index in [1.165, 1.54) is 9.99 Å². The Bertz CT molecular complexity index is 198. The van der Waals surface area contributed by atoms with Crippen LogP contribution >= 0.6 is 22.6 Å². The fourth-order valence-corrected chi connectivity index (χ4v) is 1.45. The molecule has 0 unspecified atom stereocenters. The van der Waals surface area contributed by atoms with Crippen molar-refractivity contribution >= 4 is 22.6 Å². The summed E-state index contributed by atoms with van der Waals surface area (Å²) in [5.74, 6) is 0. The SMILES string of the molecule is ICCNCCc1ccccc1. The number of benzene rings is 1. The van der Waals surface area contributed by atoms with E-state index in [0.29, 0.717) is 0 Å². The van der Waals surface area contributed by atoms with Gasteiger partial charge in [-0.2, -0.15) is 0 Å².